The fraction of sp³-hybridized carbons (Fsp3) is 0.0588. The summed E-state index contributed by atoms with van der Waals surface area (Å²) in [6.45, 7) is 0. The minimum absolute atomic E-state index is 0.440. The van der Waals surface area contributed by atoms with Gasteiger partial charge in [0.1, 0.15) is 23.6 Å². The lowest BCUT2D eigenvalue weighted by Gasteiger charge is -2.09. The largest absolute Gasteiger partial charge is 0.497 e. The van der Waals surface area contributed by atoms with Gasteiger partial charge in [-0.2, -0.15) is 0 Å². The Bertz CT molecular complexity index is 791. The predicted molar refractivity (Wildman–Crippen MR) is 89.2 cm³/mol. The van der Waals surface area contributed by atoms with E-state index in [1.165, 1.54) is 6.33 Å². The first kappa shape index (κ1) is 14.6. The van der Waals surface area contributed by atoms with E-state index < -0.39 is 0 Å². The number of nitrogens with one attached hydrogen (secondary N) is 1. The second kappa shape index (κ2) is 6.65. The van der Waals surface area contributed by atoms with Gasteiger partial charge in [0.25, 0.3) is 0 Å². The molecule has 0 saturated carbocycles. The molecule has 0 saturated heterocycles. The number of nitrogens with zero attached hydrogens (tertiary/aromatic N) is 2. The zero-order chi connectivity index (χ0) is 16.1. The maximum Gasteiger partial charge on any atom is 0.224 e. The first-order valence-electron chi connectivity index (χ1n) is 6.99. The maximum atomic E-state index is 5.69. The highest BCUT2D eigenvalue weighted by Gasteiger charge is 2.03. The lowest BCUT2D eigenvalue weighted by atomic mass is 10.3. The van der Waals surface area contributed by atoms with Crippen LogP contribution in [0.25, 0.3) is 0 Å². The molecule has 0 aliphatic carbocycles. The summed E-state index contributed by atoms with van der Waals surface area (Å²) in [4.78, 5) is 8.29. The van der Waals surface area contributed by atoms with E-state index >= 15 is 0 Å². The molecule has 3 rings (SSSR count). The van der Waals surface area contributed by atoms with Crippen LogP contribution in [0.5, 0.6) is 17.4 Å². The van der Waals surface area contributed by atoms with Crippen LogP contribution < -0.4 is 20.5 Å². The molecule has 1 heterocycles. The van der Waals surface area contributed by atoms with Crippen LogP contribution in [0.4, 0.5) is 17.2 Å². The Labute approximate surface area is 133 Å². The summed E-state index contributed by atoms with van der Waals surface area (Å²) in [6.07, 6.45) is 1.44. The standard InChI is InChI=1S/C17H16N4O2/c1-22-15-4-2-3-13(9-15)21-16-10-17(20-11-19-16)23-14-7-5-12(18)6-8-14/h2-11H,18H2,1H3,(H,19,20,21). The third-order valence-corrected chi connectivity index (χ3v) is 3.09. The van der Waals surface area contributed by atoms with E-state index in [-0.39, 0.29) is 0 Å². The highest BCUT2D eigenvalue weighted by molar-refractivity contribution is 5.58. The van der Waals surface area contributed by atoms with Crippen LogP contribution in [0.2, 0.25) is 0 Å². The van der Waals surface area contributed by atoms with Crippen molar-refractivity contribution < 1.29 is 9.47 Å². The van der Waals surface area contributed by atoms with E-state index in [4.69, 9.17) is 15.2 Å². The van der Waals surface area contributed by atoms with Crippen molar-refractivity contribution in [3.63, 3.8) is 0 Å². The number of ether oxygens (including phenoxy) is 2. The molecule has 0 unspecified atom stereocenters. The normalized spacial score (nSPS) is 10.1. The minimum atomic E-state index is 0.440. The molecule has 0 atom stereocenters. The van der Waals surface area contributed by atoms with Crippen molar-refractivity contribution in [3.05, 3.63) is 60.9 Å². The number of anilines is 3. The van der Waals surface area contributed by atoms with Crippen LogP contribution >= 0.6 is 0 Å². The van der Waals surface area contributed by atoms with Gasteiger partial charge >= 0.3 is 0 Å². The molecule has 3 aromatic rings. The van der Waals surface area contributed by atoms with Gasteiger partial charge in [-0.1, -0.05) is 6.07 Å². The van der Waals surface area contributed by atoms with Crippen molar-refractivity contribution in [3.8, 4) is 17.4 Å². The Morgan fingerprint density at radius 2 is 1.78 bits per heavy atom. The molecule has 6 heteroatoms. The number of hydrogen-bond donors (Lipinski definition) is 2. The van der Waals surface area contributed by atoms with Gasteiger partial charge in [0.05, 0.1) is 7.11 Å². The summed E-state index contributed by atoms with van der Waals surface area (Å²) in [7, 11) is 1.63. The number of nitrogen functional groups attached to an aromatic ring is 1. The van der Waals surface area contributed by atoms with Gasteiger partial charge in [0, 0.05) is 23.5 Å². The lowest BCUT2D eigenvalue weighted by molar-refractivity contribution is 0.415. The number of hydrogen-bond acceptors (Lipinski definition) is 6. The summed E-state index contributed by atoms with van der Waals surface area (Å²) >= 11 is 0. The molecule has 0 fully saturated rings. The van der Waals surface area contributed by atoms with E-state index in [2.05, 4.69) is 15.3 Å². The van der Waals surface area contributed by atoms with Gasteiger partial charge in [-0.15, -0.1) is 0 Å². The molecule has 0 bridgehead atoms. The molecule has 23 heavy (non-hydrogen) atoms. The van der Waals surface area contributed by atoms with Gasteiger partial charge in [0.15, 0.2) is 0 Å². The van der Waals surface area contributed by atoms with Gasteiger partial charge in [0.2, 0.25) is 5.88 Å². The SMILES string of the molecule is COc1cccc(Nc2cc(Oc3ccc(N)cc3)ncn2)c1. The molecule has 116 valence electrons. The average molecular weight is 308 g/mol. The number of nitrogens with two attached hydrogens (primary N) is 1. The predicted octanol–water partition coefficient (Wildman–Crippen LogP) is 3.60. The van der Waals surface area contributed by atoms with Crippen molar-refractivity contribution in [2.75, 3.05) is 18.2 Å². The maximum absolute atomic E-state index is 5.69. The Balaban J connectivity index is 1.75. The number of benzene rings is 2. The van der Waals surface area contributed by atoms with E-state index in [9.17, 15) is 0 Å². The Hall–Kier alpha value is -3.28. The van der Waals surface area contributed by atoms with Crippen molar-refractivity contribution in [2.45, 2.75) is 0 Å². The van der Waals surface area contributed by atoms with Gasteiger partial charge < -0.3 is 20.5 Å². The molecule has 3 N–H and O–H groups in total. The van der Waals surface area contributed by atoms with Crippen molar-refractivity contribution in [1.82, 2.24) is 9.97 Å². The molecule has 0 aliphatic rings. The second-order valence-corrected chi connectivity index (χ2v) is 4.77. The van der Waals surface area contributed by atoms with E-state index in [0.717, 1.165) is 11.4 Å². The van der Waals surface area contributed by atoms with Crippen LogP contribution in [0.15, 0.2) is 60.9 Å². The van der Waals surface area contributed by atoms with Crippen LogP contribution in [0, 0.1) is 0 Å². The van der Waals surface area contributed by atoms with Gasteiger partial charge in [-0.25, -0.2) is 9.97 Å². The molecule has 6 nitrogen and oxygen atoms in total. The summed E-state index contributed by atoms with van der Waals surface area (Å²) in [5.74, 6) is 2.49. The molecular formula is C17H16N4O2. The molecule has 0 radical (unpaired) electrons. The van der Waals surface area contributed by atoms with Gasteiger partial charge in [-0.05, 0) is 36.4 Å². The molecular weight excluding hydrogens is 292 g/mol. The quantitative estimate of drug-likeness (QED) is 0.701. The topological polar surface area (TPSA) is 82.3 Å². The van der Waals surface area contributed by atoms with Crippen molar-refractivity contribution in [1.29, 1.82) is 0 Å². The summed E-state index contributed by atoms with van der Waals surface area (Å²) in [5.41, 5.74) is 7.20. The third-order valence-electron chi connectivity index (χ3n) is 3.09. The van der Waals surface area contributed by atoms with E-state index in [1.807, 2.05) is 24.3 Å². The van der Waals surface area contributed by atoms with E-state index in [1.54, 1.807) is 37.4 Å². The molecule has 0 spiro atoms. The molecule has 2 aromatic carbocycles. The molecule has 0 amide bonds. The molecule has 0 aliphatic heterocycles. The fourth-order valence-electron chi connectivity index (χ4n) is 1.97. The highest BCUT2D eigenvalue weighted by atomic mass is 16.5. The Kier molecular flexibility index (Phi) is 4.24. The van der Waals surface area contributed by atoms with E-state index in [0.29, 0.717) is 23.1 Å². The van der Waals surface area contributed by atoms with Gasteiger partial charge in [-0.3, -0.25) is 0 Å². The summed E-state index contributed by atoms with van der Waals surface area (Å²) in [5, 5.41) is 3.18. The second-order valence-electron chi connectivity index (χ2n) is 4.77. The zero-order valence-electron chi connectivity index (χ0n) is 12.6. The number of rotatable bonds is 5. The van der Waals surface area contributed by atoms with Crippen LogP contribution in [0.1, 0.15) is 0 Å². The summed E-state index contributed by atoms with van der Waals surface area (Å²) in [6, 6.07) is 16.4. The molecule has 1 aromatic heterocycles. The number of aromatic nitrogens is 2. The van der Waals surface area contributed by atoms with Crippen LogP contribution in [0.3, 0.4) is 0 Å². The zero-order valence-corrected chi connectivity index (χ0v) is 12.6. The van der Waals surface area contributed by atoms with Crippen molar-refractivity contribution >= 4 is 17.2 Å². The first-order chi connectivity index (χ1) is 11.2. The Morgan fingerprint density at radius 1 is 0.957 bits per heavy atom. The third kappa shape index (κ3) is 3.88. The average Bonchev–Trinajstić information content (AvgIpc) is 2.57. The minimum Gasteiger partial charge on any atom is -0.497 e. The fourth-order valence-corrected chi connectivity index (χ4v) is 1.97. The first-order valence-corrected chi connectivity index (χ1v) is 6.99. The smallest absolute Gasteiger partial charge is 0.224 e. The number of methoxy groups -OCH3 is 1. The monoisotopic (exact) mass is 308 g/mol. The van der Waals surface area contributed by atoms with Crippen LogP contribution in [-0.2, 0) is 0 Å². The van der Waals surface area contributed by atoms with Crippen molar-refractivity contribution in [2.24, 2.45) is 0 Å². The Morgan fingerprint density at radius 3 is 2.57 bits per heavy atom. The van der Waals surface area contributed by atoms with Crippen LogP contribution in [-0.4, -0.2) is 17.1 Å². The summed E-state index contributed by atoms with van der Waals surface area (Å²) < 4.78 is 10.9. The lowest BCUT2D eigenvalue weighted by Crippen LogP contribution is -1.96. The highest BCUT2D eigenvalue weighted by Crippen LogP contribution is 2.24.